The normalized spacial score (nSPS) is 15.1. The maximum absolute atomic E-state index is 10.2. The van der Waals surface area contributed by atoms with E-state index in [4.69, 9.17) is 4.55 Å². The molecule has 0 saturated heterocycles. The molecule has 0 bridgehead atoms. The van der Waals surface area contributed by atoms with Crippen LogP contribution in [0.5, 0.6) is 0 Å². The van der Waals surface area contributed by atoms with Crippen molar-refractivity contribution in [2.45, 2.75) is 40.5 Å². The van der Waals surface area contributed by atoms with Crippen LogP contribution in [0.3, 0.4) is 0 Å². The minimum atomic E-state index is -4.44. The number of rotatable bonds is 5. The van der Waals surface area contributed by atoms with Gasteiger partial charge in [0.2, 0.25) is 0 Å². The van der Waals surface area contributed by atoms with E-state index >= 15 is 0 Å². The van der Waals surface area contributed by atoms with Gasteiger partial charge in [-0.2, -0.15) is 8.42 Å². The Morgan fingerprint density at radius 3 is 2.19 bits per heavy atom. The SMILES string of the molecule is CC(C#COS(=O)(=O)O)CCC(C)C(C)C. The molecule has 4 nitrogen and oxygen atoms in total. The van der Waals surface area contributed by atoms with E-state index in [-0.39, 0.29) is 5.92 Å². The van der Waals surface area contributed by atoms with Gasteiger partial charge in [-0.25, -0.2) is 0 Å². The molecule has 5 heteroatoms. The molecule has 0 aromatic carbocycles. The predicted molar refractivity (Wildman–Crippen MR) is 62.8 cm³/mol. The van der Waals surface area contributed by atoms with Gasteiger partial charge in [0.15, 0.2) is 0 Å². The molecule has 0 aliphatic carbocycles. The van der Waals surface area contributed by atoms with Gasteiger partial charge in [-0.05, 0) is 24.7 Å². The molecule has 0 aliphatic rings. The Bertz CT molecular complexity index is 348. The highest BCUT2D eigenvalue weighted by atomic mass is 32.3. The van der Waals surface area contributed by atoms with Crippen LogP contribution in [0.25, 0.3) is 0 Å². The standard InChI is InChI=1S/C11H20O4S/c1-9(2)11(4)6-5-10(3)7-8-15-16(12,13)14/h9-11H,5-6H2,1-4H3,(H,12,13,14). The quantitative estimate of drug-likeness (QED) is 0.599. The van der Waals surface area contributed by atoms with Gasteiger partial charge in [0.25, 0.3) is 0 Å². The minimum absolute atomic E-state index is 0.0583. The summed E-state index contributed by atoms with van der Waals surface area (Å²) in [4.78, 5) is 0. The third-order valence-electron chi connectivity index (χ3n) is 2.65. The fourth-order valence-corrected chi connectivity index (χ4v) is 1.25. The first-order valence-electron chi connectivity index (χ1n) is 5.38. The summed E-state index contributed by atoms with van der Waals surface area (Å²) in [5.41, 5.74) is 0. The van der Waals surface area contributed by atoms with Gasteiger partial charge >= 0.3 is 10.4 Å². The van der Waals surface area contributed by atoms with Gasteiger partial charge in [0.1, 0.15) is 6.11 Å². The summed E-state index contributed by atoms with van der Waals surface area (Å²) in [6.07, 6.45) is 3.92. The first-order chi connectivity index (χ1) is 7.22. The van der Waals surface area contributed by atoms with Crippen LogP contribution < -0.4 is 0 Å². The van der Waals surface area contributed by atoms with Crippen molar-refractivity contribution >= 4 is 10.4 Å². The highest BCUT2D eigenvalue weighted by Gasteiger charge is 2.08. The highest BCUT2D eigenvalue weighted by Crippen LogP contribution is 2.18. The van der Waals surface area contributed by atoms with Crippen LogP contribution in [0.1, 0.15) is 40.5 Å². The molecule has 0 saturated carbocycles. The van der Waals surface area contributed by atoms with E-state index in [9.17, 15) is 8.42 Å². The summed E-state index contributed by atoms with van der Waals surface area (Å²) in [5, 5.41) is 0. The molecule has 0 amide bonds. The van der Waals surface area contributed by atoms with Crippen molar-refractivity contribution in [3.8, 4) is 12.0 Å². The average molecular weight is 248 g/mol. The molecule has 0 fully saturated rings. The summed E-state index contributed by atoms with van der Waals surface area (Å²) < 4.78 is 32.6. The molecule has 0 aliphatic heterocycles. The lowest BCUT2D eigenvalue weighted by Crippen LogP contribution is -2.05. The zero-order chi connectivity index (χ0) is 12.8. The van der Waals surface area contributed by atoms with Crippen LogP contribution >= 0.6 is 0 Å². The van der Waals surface area contributed by atoms with Crippen molar-refractivity contribution in [2.75, 3.05) is 0 Å². The molecular formula is C11H20O4S. The molecule has 16 heavy (non-hydrogen) atoms. The second kappa shape index (κ2) is 6.77. The van der Waals surface area contributed by atoms with Crippen molar-refractivity contribution in [1.82, 2.24) is 0 Å². The fraction of sp³-hybridized carbons (Fsp3) is 0.818. The minimum Gasteiger partial charge on any atom is -0.307 e. The third-order valence-corrected chi connectivity index (χ3v) is 2.94. The van der Waals surface area contributed by atoms with E-state index in [1.807, 2.05) is 13.0 Å². The Hall–Kier alpha value is -0.730. The predicted octanol–water partition coefficient (Wildman–Crippen LogP) is 2.48. The number of hydrogen-bond acceptors (Lipinski definition) is 3. The largest absolute Gasteiger partial charge is 0.454 e. The Labute approximate surface area is 98.3 Å². The van der Waals surface area contributed by atoms with E-state index in [2.05, 4.69) is 30.9 Å². The van der Waals surface area contributed by atoms with Crippen LogP contribution in [0.4, 0.5) is 0 Å². The fourth-order valence-electron chi connectivity index (χ4n) is 1.10. The Balaban J connectivity index is 3.95. The van der Waals surface area contributed by atoms with Gasteiger partial charge in [-0.15, -0.1) is 0 Å². The summed E-state index contributed by atoms with van der Waals surface area (Å²) in [7, 11) is -4.44. The maximum atomic E-state index is 10.2. The van der Waals surface area contributed by atoms with Gasteiger partial charge in [-0.3, -0.25) is 4.55 Å². The molecular weight excluding hydrogens is 228 g/mol. The summed E-state index contributed by atoms with van der Waals surface area (Å²) in [5.74, 6) is 3.93. The summed E-state index contributed by atoms with van der Waals surface area (Å²) in [6.45, 7) is 8.41. The van der Waals surface area contributed by atoms with Gasteiger partial charge in [-0.1, -0.05) is 33.6 Å². The molecule has 0 radical (unpaired) electrons. The van der Waals surface area contributed by atoms with Gasteiger partial charge < -0.3 is 4.18 Å². The lowest BCUT2D eigenvalue weighted by Gasteiger charge is -2.15. The second-order valence-corrected chi connectivity index (χ2v) is 5.48. The van der Waals surface area contributed by atoms with E-state index < -0.39 is 10.4 Å². The van der Waals surface area contributed by atoms with E-state index in [0.717, 1.165) is 12.8 Å². The number of hydrogen-bond donors (Lipinski definition) is 1. The lowest BCUT2D eigenvalue weighted by molar-refractivity contribution is 0.363. The Kier molecular flexibility index (Phi) is 6.46. The van der Waals surface area contributed by atoms with Crippen molar-refractivity contribution in [3.63, 3.8) is 0 Å². The molecule has 1 N–H and O–H groups in total. The van der Waals surface area contributed by atoms with Crippen molar-refractivity contribution in [1.29, 1.82) is 0 Å². The first kappa shape index (κ1) is 15.3. The topological polar surface area (TPSA) is 63.6 Å². The Morgan fingerprint density at radius 2 is 1.75 bits per heavy atom. The summed E-state index contributed by atoms with van der Waals surface area (Å²) >= 11 is 0. The van der Waals surface area contributed by atoms with E-state index in [0.29, 0.717) is 11.8 Å². The smallest absolute Gasteiger partial charge is 0.307 e. The second-order valence-electron chi connectivity index (χ2n) is 4.46. The average Bonchev–Trinajstić information content (AvgIpc) is 2.11. The molecule has 0 spiro atoms. The van der Waals surface area contributed by atoms with Crippen LogP contribution in [0, 0.1) is 29.8 Å². The molecule has 2 unspecified atom stereocenters. The Morgan fingerprint density at radius 1 is 1.19 bits per heavy atom. The molecule has 0 aromatic rings. The van der Waals surface area contributed by atoms with Crippen molar-refractivity contribution in [3.05, 3.63) is 0 Å². The van der Waals surface area contributed by atoms with Gasteiger partial charge in [0.05, 0.1) is 0 Å². The van der Waals surface area contributed by atoms with E-state index in [1.54, 1.807) is 0 Å². The maximum Gasteiger partial charge on any atom is 0.454 e. The van der Waals surface area contributed by atoms with Crippen molar-refractivity contribution in [2.24, 2.45) is 17.8 Å². The zero-order valence-corrected chi connectivity index (χ0v) is 11.0. The highest BCUT2D eigenvalue weighted by molar-refractivity contribution is 7.81. The molecule has 0 aromatic heterocycles. The van der Waals surface area contributed by atoms with Crippen LogP contribution in [0.2, 0.25) is 0 Å². The van der Waals surface area contributed by atoms with Crippen LogP contribution in [-0.2, 0) is 14.6 Å². The molecule has 0 rings (SSSR count). The first-order valence-corrected chi connectivity index (χ1v) is 6.75. The molecule has 0 heterocycles. The molecule has 94 valence electrons. The summed E-state index contributed by atoms with van der Waals surface area (Å²) in [6, 6.07) is 0. The third kappa shape index (κ3) is 8.57. The van der Waals surface area contributed by atoms with Crippen LogP contribution in [0.15, 0.2) is 0 Å². The van der Waals surface area contributed by atoms with Crippen molar-refractivity contribution < 1.29 is 17.2 Å². The zero-order valence-electron chi connectivity index (χ0n) is 10.2. The lowest BCUT2D eigenvalue weighted by atomic mass is 9.90. The van der Waals surface area contributed by atoms with Crippen LogP contribution in [-0.4, -0.2) is 13.0 Å². The van der Waals surface area contributed by atoms with E-state index in [1.165, 1.54) is 0 Å². The monoisotopic (exact) mass is 248 g/mol. The van der Waals surface area contributed by atoms with Gasteiger partial charge in [0, 0.05) is 5.92 Å². The molecule has 2 atom stereocenters.